The summed E-state index contributed by atoms with van der Waals surface area (Å²) >= 11 is 0. The van der Waals surface area contributed by atoms with Gasteiger partial charge in [0.15, 0.2) is 5.76 Å². The molecule has 3 atom stereocenters. The number of nitrogens with one attached hydrogen (secondary N) is 2. The van der Waals surface area contributed by atoms with Gasteiger partial charge in [-0.1, -0.05) is 30.3 Å². The molecule has 1 aliphatic heterocycles. The predicted molar refractivity (Wildman–Crippen MR) is 127 cm³/mol. The molecule has 186 valence electrons. The predicted octanol–water partition coefficient (Wildman–Crippen LogP) is 0.686. The van der Waals surface area contributed by atoms with E-state index < -0.39 is 41.8 Å². The third kappa shape index (κ3) is 5.93. The molecule has 0 aliphatic carbocycles. The molecule has 1 fully saturated rings. The highest BCUT2D eigenvalue weighted by Gasteiger charge is 2.39. The smallest absolute Gasteiger partial charge is 0.290 e. The Morgan fingerprint density at radius 2 is 1.92 bits per heavy atom. The second kappa shape index (κ2) is 11.3. The number of nitrogens with two attached hydrogens (primary N) is 1. The van der Waals surface area contributed by atoms with Gasteiger partial charge in [-0.05, 0) is 30.5 Å². The maximum absolute atomic E-state index is 13.4. The van der Waals surface area contributed by atoms with Crippen LogP contribution in [0, 0.1) is 0 Å². The first-order valence-corrected chi connectivity index (χ1v) is 11.5. The minimum absolute atomic E-state index is 0.0885. The maximum Gasteiger partial charge on any atom is 0.290 e. The van der Waals surface area contributed by atoms with Crippen LogP contribution >= 0.6 is 0 Å². The number of likely N-dealkylation sites (tertiary alicyclic amines) is 1. The number of piperidine rings is 1. The van der Waals surface area contributed by atoms with Crippen LogP contribution in [0.15, 0.2) is 71.7 Å². The highest BCUT2D eigenvalue weighted by Crippen LogP contribution is 2.22. The number of rotatable bonds is 8. The summed E-state index contributed by atoms with van der Waals surface area (Å²) < 4.78 is 5.24. The molecule has 11 nitrogen and oxygen atoms in total. The number of carbonyl (C=O) groups is 4. The molecule has 0 spiro atoms. The molecule has 11 heteroatoms. The molecule has 3 unspecified atom stereocenters. The molecule has 3 heterocycles. The number of nitrogens with zero attached hydrogens (tertiary/aromatic N) is 3. The van der Waals surface area contributed by atoms with Crippen molar-refractivity contribution in [3.05, 3.63) is 84.3 Å². The summed E-state index contributed by atoms with van der Waals surface area (Å²) in [5.41, 5.74) is 6.54. The Bertz CT molecular complexity index is 1200. The molecule has 4 amide bonds. The molecule has 1 aliphatic rings. The summed E-state index contributed by atoms with van der Waals surface area (Å²) in [6.45, 7) is 0.183. The van der Waals surface area contributed by atoms with E-state index in [9.17, 15) is 19.2 Å². The van der Waals surface area contributed by atoms with Gasteiger partial charge in [0.25, 0.3) is 11.8 Å². The highest BCUT2D eigenvalue weighted by atomic mass is 16.3. The monoisotopic (exact) mass is 490 g/mol. The van der Waals surface area contributed by atoms with Gasteiger partial charge in [-0.25, -0.2) is 4.98 Å². The van der Waals surface area contributed by atoms with Crippen LogP contribution in [0.1, 0.15) is 39.4 Å². The lowest BCUT2D eigenvalue weighted by Crippen LogP contribution is -2.59. The lowest BCUT2D eigenvalue weighted by Gasteiger charge is -2.38. The van der Waals surface area contributed by atoms with Gasteiger partial charge in [0, 0.05) is 31.4 Å². The minimum Gasteiger partial charge on any atom is -0.459 e. The van der Waals surface area contributed by atoms with E-state index in [1.54, 1.807) is 6.07 Å². The highest BCUT2D eigenvalue weighted by molar-refractivity contribution is 5.97. The molecule has 0 bridgehead atoms. The van der Waals surface area contributed by atoms with E-state index in [4.69, 9.17) is 10.2 Å². The maximum atomic E-state index is 13.4. The normalized spacial score (nSPS) is 18.2. The van der Waals surface area contributed by atoms with Crippen LogP contribution in [0.5, 0.6) is 0 Å². The zero-order valence-electron chi connectivity index (χ0n) is 19.4. The average Bonchev–Trinajstić information content (AvgIpc) is 3.44. The van der Waals surface area contributed by atoms with Gasteiger partial charge in [-0.15, -0.1) is 0 Å². The van der Waals surface area contributed by atoms with E-state index in [0.717, 1.165) is 5.56 Å². The molecule has 4 N–H and O–H groups in total. The van der Waals surface area contributed by atoms with Gasteiger partial charge in [-0.2, -0.15) is 0 Å². The Morgan fingerprint density at radius 1 is 1.11 bits per heavy atom. The Balaban J connectivity index is 1.51. The third-order valence-electron chi connectivity index (χ3n) is 5.97. The van der Waals surface area contributed by atoms with E-state index >= 15 is 0 Å². The molecule has 3 aromatic rings. The fourth-order valence-corrected chi connectivity index (χ4v) is 4.15. The standard InChI is InChI=1S/C25H26N6O5/c26-22(32)18(13-16-5-2-1-3-6-16)30-24(34)20-14-17(29-23(33)19-15-27-9-10-28-19)8-11-31(20)25(35)21-7-4-12-36-21/h1-7,9-10,12,15,17-18,20H,8,11,13-14H2,(H2,26,32)(H,29,33)(H,30,34). The molecular formula is C25H26N6O5. The summed E-state index contributed by atoms with van der Waals surface area (Å²) in [5.74, 6) is -2.05. The van der Waals surface area contributed by atoms with Crippen LogP contribution in [-0.4, -0.2) is 63.2 Å². The van der Waals surface area contributed by atoms with Gasteiger partial charge in [0.2, 0.25) is 11.8 Å². The summed E-state index contributed by atoms with van der Waals surface area (Å²) in [7, 11) is 0. The number of primary amides is 1. The van der Waals surface area contributed by atoms with Crippen molar-refractivity contribution in [1.29, 1.82) is 0 Å². The van der Waals surface area contributed by atoms with Crippen molar-refractivity contribution in [2.45, 2.75) is 37.4 Å². The van der Waals surface area contributed by atoms with Gasteiger partial charge in [0.1, 0.15) is 17.8 Å². The van der Waals surface area contributed by atoms with Crippen LogP contribution < -0.4 is 16.4 Å². The van der Waals surface area contributed by atoms with Gasteiger partial charge in [-0.3, -0.25) is 24.2 Å². The summed E-state index contributed by atoms with van der Waals surface area (Å²) in [6.07, 6.45) is 6.32. The first kappa shape index (κ1) is 24.6. The van der Waals surface area contributed by atoms with Crippen molar-refractivity contribution in [3.63, 3.8) is 0 Å². The number of hydrogen-bond donors (Lipinski definition) is 3. The van der Waals surface area contributed by atoms with E-state index in [2.05, 4.69) is 20.6 Å². The van der Waals surface area contributed by atoms with Crippen LogP contribution in [-0.2, 0) is 16.0 Å². The first-order chi connectivity index (χ1) is 17.4. The number of amides is 4. The number of hydrogen-bond acceptors (Lipinski definition) is 7. The Kier molecular flexibility index (Phi) is 7.69. The number of aromatic nitrogens is 2. The summed E-state index contributed by atoms with van der Waals surface area (Å²) in [5, 5.41) is 5.55. The largest absolute Gasteiger partial charge is 0.459 e. The molecule has 0 saturated carbocycles. The second-order valence-corrected chi connectivity index (χ2v) is 8.43. The Hall–Kier alpha value is -4.54. The van der Waals surface area contributed by atoms with Crippen LogP contribution in [0.2, 0.25) is 0 Å². The Labute approximate surface area is 207 Å². The quantitative estimate of drug-likeness (QED) is 0.418. The summed E-state index contributed by atoms with van der Waals surface area (Å²) in [4.78, 5) is 60.5. The molecule has 0 radical (unpaired) electrons. The van der Waals surface area contributed by atoms with Crippen LogP contribution in [0.4, 0.5) is 0 Å². The zero-order valence-corrected chi connectivity index (χ0v) is 19.4. The fraction of sp³-hybridized carbons (Fsp3) is 0.280. The molecule has 4 rings (SSSR count). The number of furan rings is 1. The lowest BCUT2D eigenvalue weighted by molar-refractivity contribution is -0.131. The van der Waals surface area contributed by atoms with E-state index in [0.29, 0.717) is 6.42 Å². The minimum atomic E-state index is -0.977. The number of carbonyl (C=O) groups excluding carboxylic acids is 4. The molecule has 36 heavy (non-hydrogen) atoms. The summed E-state index contributed by atoms with van der Waals surface area (Å²) in [6, 6.07) is 9.88. The van der Waals surface area contributed by atoms with Crippen molar-refractivity contribution in [2.24, 2.45) is 5.73 Å². The van der Waals surface area contributed by atoms with Crippen molar-refractivity contribution in [1.82, 2.24) is 25.5 Å². The number of benzene rings is 1. The topological polar surface area (TPSA) is 161 Å². The molecule has 1 aromatic carbocycles. The van der Waals surface area contributed by atoms with Gasteiger partial charge < -0.3 is 25.7 Å². The van der Waals surface area contributed by atoms with E-state index in [1.807, 2.05) is 30.3 Å². The third-order valence-corrected chi connectivity index (χ3v) is 5.97. The molecule has 1 saturated heterocycles. The second-order valence-electron chi connectivity index (χ2n) is 8.43. The van der Waals surface area contributed by atoms with Crippen molar-refractivity contribution in [2.75, 3.05) is 6.54 Å². The van der Waals surface area contributed by atoms with Crippen molar-refractivity contribution >= 4 is 23.6 Å². The molecule has 2 aromatic heterocycles. The lowest BCUT2D eigenvalue weighted by atomic mass is 9.95. The van der Waals surface area contributed by atoms with E-state index in [1.165, 1.54) is 35.8 Å². The van der Waals surface area contributed by atoms with Gasteiger partial charge in [0.05, 0.1) is 12.5 Å². The van der Waals surface area contributed by atoms with E-state index in [-0.39, 0.29) is 30.8 Å². The van der Waals surface area contributed by atoms with Gasteiger partial charge >= 0.3 is 0 Å². The van der Waals surface area contributed by atoms with Crippen LogP contribution in [0.25, 0.3) is 0 Å². The SMILES string of the molecule is NC(=O)C(Cc1ccccc1)NC(=O)C1CC(NC(=O)c2cnccn2)CCN1C(=O)c1ccco1. The van der Waals surface area contributed by atoms with Crippen molar-refractivity contribution in [3.8, 4) is 0 Å². The first-order valence-electron chi connectivity index (χ1n) is 11.5. The van der Waals surface area contributed by atoms with Crippen molar-refractivity contribution < 1.29 is 23.6 Å². The average molecular weight is 491 g/mol. The Morgan fingerprint density at radius 3 is 2.58 bits per heavy atom. The fourth-order valence-electron chi connectivity index (χ4n) is 4.15. The molecular weight excluding hydrogens is 464 g/mol. The van der Waals surface area contributed by atoms with Crippen LogP contribution in [0.3, 0.4) is 0 Å². The zero-order chi connectivity index (χ0) is 25.5.